The number of rotatable bonds is 21. The third-order valence-corrected chi connectivity index (χ3v) is 6.22. The summed E-state index contributed by atoms with van der Waals surface area (Å²) in [6.07, 6.45) is 32.9. The number of cyclic esters (lactones) is 2. The van der Waals surface area contributed by atoms with Gasteiger partial charge in [0.25, 0.3) is 0 Å². The zero-order valence-corrected chi connectivity index (χ0v) is 21.2. The van der Waals surface area contributed by atoms with Crippen LogP contribution in [0.3, 0.4) is 0 Å². The number of hydrogen-bond donors (Lipinski definition) is 0. The van der Waals surface area contributed by atoms with Crippen LogP contribution in [0.25, 0.3) is 0 Å². The molecule has 0 unspecified atom stereocenters. The van der Waals surface area contributed by atoms with E-state index in [2.05, 4.69) is 18.6 Å². The normalized spacial score (nSPS) is 13.2. The molecule has 0 aromatic heterocycles. The second-order valence-electron chi connectivity index (χ2n) is 9.42. The Morgan fingerprint density at radius 1 is 0.419 bits per heavy atom. The van der Waals surface area contributed by atoms with E-state index in [9.17, 15) is 9.59 Å². The maximum Gasteiger partial charge on any atom is 0.314 e. The van der Waals surface area contributed by atoms with Crippen LogP contribution in [0, 0.1) is 0 Å². The minimum Gasteiger partial charge on any atom is -0.393 e. The Labute approximate surface area is 194 Å². The highest BCUT2D eigenvalue weighted by atomic mass is 16.6. The maximum atomic E-state index is 10.0. The molecule has 1 fully saturated rings. The Kier molecular flexibility index (Phi) is 24.7. The Morgan fingerprint density at radius 2 is 0.613 bits per heavy atom. The molecule has 0 aromatic rings. The summed E-state index contributed by atoms with van der Waals surface area (Å²) in [6, 6.07) is 0. The lowest BCUT2D eigenvalue weighted by Gasteiger charge is -2.04. The molecular weight excluding hydrogens is 384 g/mol. The van der Waals surface area contributed by atoms with Crippen molar-refractivity contribution in [1.82, 2.24) is 0 Å². The quantitative estimate of drug-likeness (QED) is 0.102. The number of carbonyl (C=O) groups excluding carboxylic acids is 2. The van der Waals surface area contributed by atoms with Gasteiger partial charge in [-0.3, -0.25) is 9.59 Å². The standard InChI is InChI=1S/C24H50.C4H4O3/c1-3-5-7-9-11-13-15-17-19-21-23-24-22-20-18-16-14-12-10-8-6-4-2;5-3-1-2-4(6)7-3/h3-24H2,1-2H3;1-2H2. The number of unbranched alkanes of at least 4 members (excludes halogenated alkanes) is 21. The van der Waals surface area contributed by atoms with E-state index >= 15 is 0 Å². The first kappa shape index (κ1) is 30.1. The summed E-state index contributed by atoms with van der Waals surface area (Å²) >= 11 is 0. The minimum atomic E-state index is -0.398. The second-order valence-corrected chi connectivity index (χ2v) is 9.42. The highest BCUT2D eigenvalue weighted by molar-refractivity contribution is 5.92. The fraction of sp³-hybridized carbons (Fsp3) is 0.929. The van der Waals surface area contributed by atoms with Gasteiger partial charge in [-0.2, -0.15) is 0 Å². The molecule has 3 nitrogen and oxygen atoms in total. The molecule has 0 saturated carbocycles. The van der Waals surface area contributed by atoms with Gasteiger partial charge >= 0.3 is 11.9 Å². The molecule has 0 amide bonds. The highest BCUT2D eigenvalue weighted by Gasteiger charge is 2.19. The molecule has 0 bridgehead atoms. The van der Waals surface area contributed by atoms with E-state index in [1.807, 2.05) is 0 Å². The molecule has 31 heavy (non-hydrogen) atoms. The van der Waals surface area contributed by atoms with Gasteiger partial charge in [-0.15, -0.1) is 0 Å². The number of ether oxygens (including phenoxy) is 1. The molecule has 0 atom stereocenters. The lowest BCUT2D eigenvalue weighted by Crippen LogP contribution is -1.94. The largest absolute Gasteiger partial charge is 0.393 e. The molecule has 1 rings (SSSR count). The molecule has 0 radical (unpaired) electrons. The van der Waals surface area contributed by atoms with Gasteiger partial charge in [0.15, 0.2) is 0 Å². The van der Waals surface area contributed by atoms with Crippen molar-refractivity contribution in [1.29, 1.82) is 0 Å². The van der Waals surface area contributed by atoms with Gasteiger partial charge in [-0.05, 0) is 0 Å². The van der Waals surface area contributed by atoms with Gasteiger partial charge in [-0.25, -0.2) is 0 Å². The van der Waals surface area contributed by atoms with E-state index in [4.69, 9.17) is 0 Å². The molecule has 0 spiro atoms. The van der Waals surface area contributed by atoms with Gasteiger partial charge in [0, 0.05) is 0 Å². The summed E-state index contributed by atoms with van der Waals surface area (Å²) in [4.78, 5) is 20.0. The smallest absolute Gasteiger partial charge is 0.314 e. The maximum absolute atomic E-state index is 10.0. The molecule has 1 heterocycles. The molecule has 0 aromatic carbocycles. The average molecular weight is 439 g/mol. The third kappa shape index (κ3) is 25.3. The Bertz CT molecular complexity index is 356. The summed E-state index contributed by atoms with van der Waals surface area (Å²) in [5, 5.41) is 0. The zero-order valence-electron chi connectivity index (χ0n) is 21.2. The fourth-order valence-electron chi connectivity index (χ4n) is 4.12. The van der Waals surface area contributed by atoms with Crippen LogP contribution in [-0.4, -0.2) is 11.9 Å². The van der Waals surface area contributed by atoms with Crippen molar-refractivity contribution >= 4 is 11.9 Å². The van der Waals surface area contributed by atoms with E-state index in [-0.39, 0.29) is 12.8 Å². The van der Waals surface area contributed by atoms with Gasteiger partial charge in [0.05, 0.1) is 12.8 Å². The molecule has 0 aliphatic carbocycles. The molecule has 3 heteroatoms. The first-order valence-corrected chi connectivity index (χ1v) is 13.9. The first-order chi connectivity index (χ1) is 15.2. The topological polar surface area (TPSA) is 43.4 Å². The molecule has 184 valence electrons. The van der Waals surface area contributed by atoms with Gasteiger partial charge in [-0.1, -0.05) is 155 Å². The summed E-state index contributed by atoms with van der Waals surface area (Å²) < 4.78 is 4.08. The van der Waals surface area contributed by atoms with Gasteiger partial charge < -0.3 is 4.74 Å². The molecular formula is C28H54O3. The number of hydrogen-bond acceptors (Lipinski definition) is 3. The monoisotopic (exact) mass is 438 g/mol. The van der Waals surface area contributed by atoms with Crippen molar-refractivity contribution in [3.05, 3.63) is 0 Å². The first-order valence-electron chi connectivity index (χ1n) is 13.9. The van der Waals surface area contributed by atoms with E-state index in [0.29, 0.717) is 0 Å². The predicted molar refractivity (Wildman–Crippen MR) is 133 cm³/mol. The van der Waals surface area contributed by atoms with Crippen LogP contribution in [0.1, 0.15) is 168 Å². The third-order valence-electron chi connectivity index (χ3n) is 6.22. The highest BCUT2D eigenvalue weighted by Crippen LogP contribution is 2.15. The van der Waals surface area contributed by atoms with E-state index < -0.39 is 11.9 Å². The lowest BCUT2D eigenvalue weighted by atomic mass is 10.0. The predicted octanol–water partition coefficient (Wildman–Crippen LogP) is 9.46. The Hall–Kier alpha value is -0.860. The minimum absolute atomic E-state index is 0.263. The van der Waals surface area contributed by atoms with E-state index in [1.165, 1.54) is 141 Å². The summed E-state index contributed by atoms with van der Waals surface area (Å²) in [5.41, 5.74) is 0. The molecule has 0 N–H and O–H groups in total. The second kappa shape index (κ2) is 25.4. The molecule has 1 saturated heterocycles. The van der Waals surface area contributed by atoms with Crippen LogP contribution in [-0.2, 0) is 14.3 Å². The van der Waals surface area contributed by atoms with Crippen molar-refractivity contribution in [3.63, 3.8) is 0 Å². The van der Waals surface area contributed by atoms with Crippen LogP contribution in [0.15, 0.2) is 0 Å². The van der Waals surface area contributed by atoms with Crippen LogP contribution in [0.2, 0.25) is 0 Å². The lowest BCUT2D eigenvalue weighted by molar-refractivity contribution is -0.151. The zero-order chi connectivity index (χ0) is 22.8. The van der Waals surface area contributed by atoms with Crippen LogP contribution < -0.4 is 0 Å². The van der Waals surface area contributed by atoms with Crippen molar-refractivity contribution in [3.8, 4) is 0 Å². The van der Waals surface area contributed by atoms with Crippen LogP contribution in [0.4, 0.5) is 0 Å². The van der Waals surface area contributed by atoms with Crippen LogP contribution >= 0.6 is 0 Å². The summed E-state index contributed by atoms with van der Waals surface area (Å²) in [7, 11) is 0. The SMILES string of the molecule is CCCCCCCCCCCCCCCCCCCCCCCC.O=C1CCC(=O)O1. The molecule has 1 aliphatic heterocycles. The van der Waals surface area contributed by atoms with Gasteiger partial charge in [0.1, 0.15) is 0 Å². The van der Waals surface area contributed by atoms with Crippen LogP contribution in [0.5, 0.6) is 0 Å². The van der Waals surface area contributed by atoms with Crippen molar-refractivity contribution in [2.24, 2.45) is 0 Å². The van der Waals surface area contributed by atoms with Crippen molar-refractivity contribution in [2.45, 2.75) is 168 Å². The number of esters is 2. The summed E-state index contributed by atoms with van der Waals surface area (Å²) in [5.74, 6) is -0.796. The van der Waals surface area contributed by atoms with E-state index in [0.717, 1.165) is 0 Å². The summed E-state index contributed by atoms with van der Waals surface area (Å²) in [6.45, 7) is 4.60. The molecule has 1 aliphatic rings. The van der Waals surface area contributed by atoms with E-state index in [1.54, 1.807) is 0 Å². The van der Waals surface area contributed by atoms with Crippen molar-refractivity contribution in [2.75, 3.05) is 0 Å². The Morgan fingerprint density at radius 3 is 0.742 bits per heavy atom. The van der Waals surface area contributed by atoms with Crippen molar-refractivity contribution < 1.29 is 14.3 Å². The Balaban J connectivity index is 0.00000107. The average Bonchev–Trinajstić information content (AvgIpc) is 3.15. The van der Waals surface area contributed by atoms with Gasteiger partial charge in [0.2, 0.25) is 0 Å². The number of carbonyl (C=O) groups is 2. The fourth-order valence-corrected chi connectivity index (χ4v) is 4.12.